The van der Waals surface area contributed by atoms with Crippen LogP contribution in [0, 0.1) is 11.3 Å². The first-order chi connectivity index (χ1) is 12.6. The van der Waals surface area contributed by atoms with Gasteiger partial charge in [0.15, 0.2) is 0 Å². The molecule has 1 amide bonds. The van der Waals surface area contributed by atoms with E-state index in [2.05, 4.69) is 5.32 Å². The maximum absolute atomic E-state index is 12.3. The molecule has 0 aliphatic carbocycles. The standard InChI is InChI=1S/C20H20N2O4/c1-3-24-18-9-14-7-13(2)26-19(14)10-15(18)8-16(11-21)20(23)22-12-17-5-4-6-25-17/h4-6,8-10,13H,3,7,12H2,1-2H3,(H,22,23)/b16-8+. The Hall–Kier alpha value is -3.20. The molecular formula is C20H20N2O4. The highest BCUT2D eigenvalue weighted by atomic mass is 16.5. The molecule has 6 nitrogen and oxygen atoms in total. The van der Waals surface area contributed by atoms with Crippen LogP contribution in [-0.2, 0) is 17.8 Å². The number of nitrogens with one attached hydrogen (secondary N) is 1. The molecule has 0 fully saturated rings. The van der Waals surface area contributed by atoms with E-state index in [9.17, 15) is 10.1 Å². The van der Waals surface area contributed by atoms with Crippen LogP contribution in [0.15, 0.2) is 40.5 Å². The molecule has 0 saturated heterocycles. The lowest BCUT2D eigenvalue weighted by atomic mass is 10.0. The quantitative estimate of drug-likeness (QED) is 0.637. The van der Waals surface area contributed by atoms with Crippen molar-refractivity contribution in [3.63, 3.8) is 0 Å². The minimum absolute atomic E-state index is 0.0106. The lowest BCUT2D eigenvalue weighted by Gasteiger charge is -2.10. The predicted molar refractivity (Wildman–Crippen MR) is 95.5 cm³/mol. The molecular weight excluding hydrogens is 332 g/mol. The number of carbonyl (C=O) groups excluding carboxylic acids is 1. The van der Waals surface area contributed by atoms with Crippen molar-refractivity contribution in [3.05, 3.63) is 53.0 Å². The van der Waals surface area contributed by atoms with Crippen molar-refractivity contribution in [2.24, 2.45) is 0 Å². The van der Waals surface area contributed by atoms with E-state index in [1.165, 1.54) is 12.3 Å². The minimum Gasteiger partial charge on any atom is -0.493 e. The van der Waals surface area contributed by atoms with Gasteiger partial charge in [0, 0.05) is 17.5 Å². The Morgan fingerprint density at radius 2 is 2.35 bits per heavy atom. The molecule has 1 aromatic carbocycles. The van der Waals surface area contributed by atoms with Crippen molar-refractivity contribution in [1.82, 2.24) is 5.32 Å². The molecule has 134 valence electrons. The summed E-state index contributed by atoms with van der Waals surface area (Å²) in [6.07, 6.45) is 3.97. The molecule has 26 heavy (non-hydrogen) atoms. The summed E-state index contributed by atoms with van der Waals surface area (Å²) in [6, 6.07) is 9.18. The van der Waals surface area contributed by atoms with E-state index in [0.29, 0.717) is 23.7 Å². The molecule has 6 heteroatoms. The van der Waals surface area contributed by atoms with E-state index in [1.807, 2.05) is 32.0 Å². The molecule has 1 aliphatic rings. The van der Waals surface area contributed by atoms with Crippen molar-refractivity contribution < 1.29 is 18.7 Å². The zero-order valence-electron chi connectivity index (χ0n) is 14.7. The lowest BCUT2D eigenvalue weighted by molar-refractivity contribution is -0.117. The molecule has 1 unspecified atom stereocenters. The summed E-state index contributed by atoms with van der Waals surface area (Å²) in [5, 5.41) is 12.1. The maximum atomic E-state index is 12.3. The maximum Gasteiger partial charge on any atom is 0.262 e. The highest BCUT2D eigenvalue weighted by Crippen LogP contribution is 2.36. The molecule has 0 radical (unpaired) electrons. The van der Waals surface area contributed by atoms with E-state index in [0.717, 1.165) is 17.7 Å². The van der Waals surface area contributed by atoms with Crippen LogP contribution in [0.25, 0.3) is 6.08 Å². The van der Waals surface area contributed by atoms with Gasteiger partial charge in [0.25, 0.3) is 5.91 Å². The van der Waals surface area contributed by atoms with Crippen molar-refractivity contribution in [3.8, 4) is 17.6 Å². The number of benzene rings is 1. The molecule has 3 rings (SSSR count). The van der Waals surface area contributed by atoms with Gasteiger partial charge in [-0.1, -0.05) is 0 Å². The van der Waals surface area contributed by atoms with Crippen molar-refractivity contribution >= 4 is 12.0 Å². The van der Waals surface area contributed by atoms with Gasteiger partial charge in [-0.25, -0.2) is 0 Å². The Kier molecular flexibility index (Phi) is 5.28. The van der Waals surface area contributed by atoms with Gasteiger partial charge in [-0.3, -0.25) is 4.79 Å². The third kappa shape index (κ3) is 3.89. The van der Waals surface area contributed by atoms with Crippen LogP contribution < -0.4 is 14.8 Å². The number of carbonyl (C=O) groups is 1. The average Bonchev–Trinajstić information content (AvgIpc) is 3.26. The minimum atomic E-state index is -0.471. The molecule has 0 spiro atoms. The molecule has 0 saturated carbocycles. The Morgan fingerprint density at radius 3 is 3.04 bits per heavy atom. The Labute approximate surface area is 152 Å². The van der Waals surface area contributed by atoms with E-state index >= 15 is 0 Å². The summed E-state index contributed by atoms with van der Waals surface area (Å²) >= 11 is 0. The second-order valence-corrected chi connectivity index (χ2v) is 6.00. The molecule has 1 aliphatic heterocycles. The first kappa shape index (κ1) is 17.6. The summed E-state index contributed by atoms with van der Waals surface area (Å²) in [5.41, 5.74) is 1.70. The first-order valence-corrected chi connectivity index (χ1v) is 8.49. The summed E-state index contributed by atoms with van der Waals surface area (Å²) in [7, 11) is 0. The van der Waals surface area contributed by atoms with Gasteiger partial charge in [-0.05, 0) is 44.2 Å². The predicted octanol–water partition coefficient (Wildman–Crippen LogP) is 3.23. The van der Waals surface area contributed by atoms with Gasteiger partial charge < -0.3 is 19.2 Å². The van der Waals surface area contributed by atoms with Gasteiger partial charge in [0.2, 0.25) is 0 Å². The van der Waals surface area contributed by atoms with Gasteiger partial charge >= 0.3 is 0 Å². The Bertz CT molecular complexity index is 863. The first-order valence-electron chi connectivity index (χ1n) is 8.49. The number of ether oxygens (including phenoxy) is 2. The normalized spacial score (nSPS) is 15.7. The number of nitriles is 1. The van der Waals surface area contributed by atoms with Crippen LogP contribution in [0.2, 0.25) is 0 Å². The van der Waals surface area contributed by atoms with Crippen molar-refractivity contribution in [2.75, 3.05) is 6.61 Å². The fraction of sp³-hybridized carbons (Fsp3) is 0.300. The third-order valence-electron chi connectivity index (χ3n) is 4.00. The fourth-order valence-electron chi connectivity index (χ4n) is 2.83. The van der Waals surface area contributed by atoms with Crippen LogP contribution in [-0.4, -0.2) is 18.6 Å². The number of rotatable bonds is 6. The van der Waals surface area contributed by atoms with E-state index < -0.39 is 5.91 Å². The van der Waals surface area contributed by atoms with Gasteiger partial charge in [-0.2, -0.15) is 5.26 Å². The lowest BCUT2D eigenvalue weighted by Crippen LogP contribution is -2.23. The average molecular weight is 352 g/mol. The highest BCUT2D eigenvalue weighted by Gasteiger charge is 2.22. The van der Waals surface area contributed by atoms with Crippen LogP contribution in [0.1, 0.15) is 30.7 Å². The van der Waals surface area contributed by atoms with E-state index in [4.69, 9.17) is 13.9 Å². The summed E-state index contributed by atoms with van der Waals surface area (Å²) in [5.74, 6) is 1.54. The molecule has 0 bridgehead atoms. The summed E-state index contributed by atoms with van der Waals surface area (Å²) < 4.78 is 16.6. The summed E-state index contributed by atoms with van der Waals surface area (Å²) in [4.78, 5) is 12.3. The number of amides is 1. The van der Waals surface area contributed by atoms with Gasteiger partial charge in [-0.15, -0.1) is 0 Å². The Balaban J connectivity index is 1.84. The van der Waals surface area contributed by atoms with Gasteiger partial charge in [0.1, 0.15) is 35.0 Å². The van der Waals surface area contributed by atoms with Gasteiger partial charge in [0.05, 0.1) is 19.4 Å². The van der Waals surface area contributed by atoms with Crippen LogP contribution >= 0.6 is 0 Å². The molecule has 1 N–H and O–H groups in total. The highest BCUT2D eigenvalue weighted by molar-refractivity contribution is 6.02. The Morgan fingerprint density at radius 1 is 1.50 bits per heavy atom. The largest absolute Gasteiger partial charge is 0.493 e. The molecule has 1 aromatic heterocycles. The van der Waals surface area contributed by atoms with Crippen molar-refractivity contribution in [2.45, 2.75) is 32.9 Å². The number of furan rings is 1. The number of fused-ring (bicyclic) bond motifs is 1. The molecule has 2 heterocycles. The van der Waals surface area contributed by atoms with Crippen molar-refractivity contribution in [1.29, 1.82) is 5.26 Å². The topological polar surface area (TPSA) is 84.5 Å². The van der Waals surface area contributed by atoms with Crippen LogP contribution in [0.4, 0.5) is 0 Å². The summed E-state index contributed by atoms with van der Waals surface area (Å²) in [6.45, 7) is 4.59. The zero-order chi connectivity index (χ0) is 18.5. The van der Waals surface area contributed by atoms with E-state index in [1.54, 1.807) is 12.1 Å². The smallest absolute Gasteiger partial charge is 0.262 e. The van der Waals surface area contributed by atoms with Crippen LogP contribution in [0.5, 0.6) is 11.5 Å². The van der Waals surface area contributed by atoms with Crippen LogP contribution in [0.3, 0.4) is 0 Å². The SMILES string of the molecule is CCOc1cc2c(cc1/C=C(\C#N)C(=O)NCc1ccco1)OC(C)C2. The number of nitrogens with zero attached hydrogens (tertiary/aromatic N) is 1. The second-order valence-electron chi connectivity index (χ2n) is 6.00. The monoisotopic (exact) mass is 352 g/mol. The third-order valence-corrected chi connectivity index (χ3v) is 4.00. The van der Waals surface area contributed by atoms with E-state index in [-0.39, 0.29) is 18.2 Å². The fourth-order valence-corrected chi connectivity index (χ4v) is 2.83. The number of hydrogen-bond donors (Lipinski definition) is 1. The molecule has 1 atom stereocenters. The zero-order valence-corrected chi connectivity index (χ0v) is 14.7. The number of hydrogen-bond acceptors (Lipinski definition) is 5. The molecule has 2 aromatic rings. The second kappa shape index (κ2) is 7.79.